The van der Waals surface area contributed by atoms with Crippen LogP contribution in [0.5, 0.6) is 0 Å². The lowest BCUT2D eigenvalue weighted by atomic mass is 9.64. The molecule has 1 aromatic carbocycles. The molecule has 0 bridgehead atoms. The van der Waals surface area contributed by atoms with Crippen molar-refractivity contribution in [2.75, 3.05) is 0 Å². The number of halogens is 1. The third kappa shape index (κ3) is 2.72. The van der Waals surface area contributed by atoms with Gasteiger partial charge in [-0.25, -0.2) is 4.39 Å². The van der Waals surface area contributed by atoms with E-state index in [1.807, 2.05) is 0 Å². The normalized spacial score (nSPS) is 15.6. The maximum Gasteiger partial charge on any atom is 0.286 e. The molecule has 6 heteroatoms. The van der Waals surface area contributed by atoms with Crippen LogP contribution in [0, 0.1) is 5.82 Å². The van der Waals surface area contributed by atoms with Gasteiger partial charge in [0.2, 0.25) is 5.91 Å². The van der Waals surface area contributed by atoms with E-state index in [1.165, 1.54) is 12.1 Å². The Morgan fingerprint density at radius 3 is 2.35 bits per heavy atom. The van der Waals surface area contributed by atoms with E-state index in [-0.39, 0.29) is 17.6 Å². The summed E-state index contributed by atoms with van der Waals surface area (Å²) in [5, 5.41) is 0. The second-order valence-corrected chi connectivity index (χ2v) is 5.86. The number of hydrogen-bond donors (Lipinski definition) is 2. The van der Waals surface area contributed by atoms with E-state index < -0.39 is 5.41 Å². The van der Waals surface area contributed by atoms with Crippen LogP contribution in [0.2, 0.25) is 0 Å². The molecule has 1 fully saturated rings. The largest absolute Gasteiger partial charge is 0.347 e. The van der Waals surface area contributed by atoms with Crippen molar-refractivity contribution in [3.05, 3.63) is 59.7 Å². The Labute approximate surface area is 133 Å². The summed E-state index contributed by atoms with van der Waals surface area (Å²) in [6.07, 6.45) is 4.05. The Balaban J connectivity index is 1.70. The Morgan fingerprint density at radius 1 is 1.13 bits per heavy atom. The van der Waals surface area contributed by atoms with Crippen LogP contribution < -0.4 is 10.9 Å². The molecule has 120 valence electrons. The Bertz CT molecular complexity index is 733. The fourth-order valence-electron chi connectivity index (χ4n) is 2.94. The number of carbonyl (C=O) groups is 2. The number of hydrazine groups is 1. The molecule has 2 aromatic rings. The molecule has 1 aromatic heterocycles. The minimum absolute atomic E-state index is 0.266. The van der Waals surface area contributed by atoms with E-state index in [2.05, 4.69) is 10.9 Å². The Morgan fingerprint density at radius 2 is 1.83 bits per heavy atom. The van der Waals surface area contributed by atoms with E-state index in [0.29, 0.717) is 18.5 Å². The highest BCUT2D eigenvalue weighted by Crippen LogP contribution is 2.43. The molecule has 0 atom stereocenters. The summed E-state index contributed by atoms with van der Waals surface area (Å²) < 4.78 is 14.8. The first-order valence-electron chi connectivity index (χ1n) is 7.51. The molecule has 1 aliphatic rings. The van der Waals surface area contributed by atoms with Crippen molar-refractivity contribution in [1.82, 2.24) is 15.4 Å². The lowest BCUT2D eigenvalue weighted by Gasteiger charge is -2.40. The van der Waals surface area contributed by atoms with Gasteiger partial charge in [0.05, 0.1) is 5.41 Å². The molecular formula is C17H18FN3O2. The molecular weight excluding hydrogens is 297 g/mol. The van der Waals surface area contributed by atoms with Crippen molar-refractivity contribution in [1.29, 1.82) is 0 Å². The van der Waals surface area contributed by atoms with Gasteiger partial charge < -0.3 is 4.57 Å². The predicted octanol–water partition coefficient (Wildman–Crippen LogP) is 2.05. The van der Waals surface area contributed by atoms with Gasteiger partial charge in [0.25, 0.3) is 5.91 Å². The monoisotopic (exact) mass is 315 g/mol. The summed E-state index contributed by atoms with van der Waals surface area (Å²) >= 11 is 0. The lowest BCUT2D eigenvalue weighted by molar-refractivity contribution is -0.130. The number of hydrogen-bond acceptors (Lipinski definition) is 2. The maximum absolute atomic E-state index is 13.1. The number of benzene rings is 1. The van der Waals surface area contributed by atoms with Crippen LogP contribution in [0.4, 0.5) is 4.39 Å². The first-order valence-corrected chi connectivity index (χ1v) is 7.51. The van der Waals surface area contributed by atoms with Crippen LogP contribution in [-0.4, -0.2) is 16.4 Å². The minimum Gasteiger partial charge on any atom is -0.347 e. The maximum atomic E-state index is 13.1. The molecule has 1 heterocycles. The van der Waals surface area contributed by atoms with Crippen molar-refractivity contribution < 1.29 is 14.0 Å². The standard InChI is InChI=1S/C17H18FN3O2/c1-21-11-2-4-14(21)15(22)19-20-16(23)17(9-3-10-17)12-5-7-13(18)8-6-12/h2,4-8,11H,3,9-10H2,1H3,(H,19,22)(H,20,23). The highest BCUT2D eigenvalue weighted by atomic mass is 19.1. The number of amides is 2. The smallest absolute Gasteiger partial charge is 0.286 e. The van der Waals surface area contributed by atoms with E-state index >= 15 is 0 Å². The molecule has 0 unspecified atom stereocenters. The average Bonchev–Trinajstić information content (AvgIpc) is 2.92. The summed E-state index contributed by atoms with van der Waals surface area (Å²) in [5.41, 5.74) is 5.50. The molecule has 1 saturated carbocycles. The number of nitrogens with zero attached hydrogens (tertiary/aromatic N) is 1. The van der Waals surface area contributed by atoms with Crippen molar-refractivity contribution in [2.24, 2.45) is 7.05 Å². The van der Waals surface area contributed by atoms with E-state index in [4.69, 9.17) is 0 Å². The first kappa shape index (κ1) is 15.3. The van der Waals surface area contributed by atoms with Crippen LogP contribution in [-0.2, 0) is 17.3 Å². The fraction of sp³-hybridized carbons (Fsp3) is 0.294. The van der Waals surface area contributed by atoms with Gasteiger partial charge in [-0.1, -0.05) is 18.6 Å². The van der Waals surface area contributed by atoms with Gasteiger partial charge in [-0.15, -0.1) is 0 Å². The first-order chi connectivity index (χ1) is 11.0. The molecule has 5 nitrogen and oxygen atoms in total. The molecule has 2 N–H and O–H groups in total. The third-order valence-electron chi connectivity index (χ3n) is 4.50. The predicted molar refractivity (Wildman–Crippen MR) is 83.0 cm³/mol. The summed E-state index contributed by atoms with van der Waals surface area (Å²) in [4.78, 5) is 24.6. The minimum atomic E-state index is -0.685. The molecule has 3 rings (SSSR count). The number of aromatic nitrogens is 1. The van der Waals surface area contributed by atoms with E-state index in [9.17, 15) is 14.0 Å². The molecule has 2 amide bonds. The number of aryl methyl sites for hydroxylation is 1. The van der Waals surface area contributed by atoms with Crippen molar-refractivity contribution in [3.8, 4) is 0 Å². The van der Waals surface area contributed by atoms with E-state index in [1.54, 1.807) is 42.1 Å². The highest BCUT2D eigenvalue weighted by molar-refractivity contribution is 5.96. The zero-order valence-corrected chi connectivity index (χ0v) is 12.8. The van der Waals surface area contributed by atoms with Gasteiger partial charge >= 0.3 is 0 Å². The zero-order chi connectivity index (χ0) is 16.4. The SMILES string of the molecule is Cn1cccc1C(=O)NNC(=O)C1(c2ccc(F)cc2)CCC1. The Hall–Kier alpha value is -2.63. The van der Waals surface area contributed by atoms with Crippen LogP contribution >= 0.6 is 0 Å². The van der Waals surface area contributed by atoms with Crippen molar-refractivity contribution >= 4 is 11.8 Å². The molecule has 0 spiro atoms. The third-order valence-corrected chi connectivity index (χ3v) is 4.50. The second-order valence-electron chi connectivity index (χ2n) is 5.86. The second kappa shape index (κ2) is 5.87. The fourth-order valence-corrected chi connectivity index (χ4v) is 2.94. The molecule has 23 heavy (non-hydrogen) atoms. The van der Waals surface area contributed by atoms with Gasteiger partial charge in [0, 0.05) is 13.2 Å². The topological polar surface area (TPSA) is 63.1 Å². The van der Waals surface area contributed by atoms with Crippen LogP contribution in [0.15, 0.2) is 42.6 Å². The molecule has 1 aliphatic carbocycles. The molecule has 0 saturated heterocycles. The average molecular weight is 315 g/mol. The number of rotatable bonds is 3. The van der Waals surface area contributed by atoms with Gasteiger partial charge in [-0.3, -0.25) is 20.4 Å². The van der Waals surface area contributed by atoms with Gasteiger partial charge in [0.15, 0.2) is 0 Å². The highest BCUT2D eigenvalue weighted by Gasteiger charge is 2.45. The van der Waals surface area contributed by atoms with Crippen LogP contribution in [0.1, 0.15) is 35.3 Å². The summed E-state index contributed by atoms with van der Waals surface area (Å²) in [6, 6.07) is 9.39. The Kier molecular flexibility index (Phi) is 3.90. The number of nitrogens with one attached hydrogen (secondary N) is 2. The van der Waals surface area contributed by atoms with Crippen LogP contribution in [0.3, 0.4) is 0 Å². The summed E-state index contributed by atoms with van der Waals surface area (Å²) in [6.45, 7) is 0. The van der Waals surface area contributed by atoms with Crippen LogP contribution in [0.25, 0.3) is 0 Å². The van der Waals surface area contributed by atoms with Gasteiger partial charge in [-0.05, 0) is 42.7 Å². The van der Waals surface area contributed by atoms with Crippen molar-refractivity contribution in [3.63, 3.8) is 0 Å². The molecule has 0 radical (unpaired) electrons. The molecule has 0 aliphatic heterocycles. The quantitative estimate of drug-likeness (QED) is 0.852. The number of carbonyl (C=O) groups excluding carboxylic acids is 2. The summed E-state index contributed by atoms with van der Waals surface area (Å²) in [7, 11) is 1.75. The lowest BCUT2D eigenvalue weighted by Crippen LogP contribution is -2.54. The zero-order valence-electron chi connectivity index (χ0n) is 12.8. The summed E-state index contributed by atoms with van der Waals surface area (Å²) in [5.74, 6) is -0.974. The van der Waals surface area contributed by atoms with Gasteiger partial charge in [0.1, 0.15) is 11.5 Å². The van der Waals surface area contributed by atoms with E-state index in [0.717, 1.165) is 12.0 Å². The van der Waals surface area contributed by atoms with Gasteiger partial charge in [-0.2, -0.15) is 0 Å². The van der Waals surface area contributed by atoms with Crippen molar-refractivity contribution in [2.45, 2.75) is 24.7 Å².